The third kappa shape index (κ3) is 4.83. The summed E-state index contributed by atoms with van der Waals surface area (Å²) in [6.45, 7) is 3.11. The maximum atomic E-state index is 11.7. The fourth-order valence-electron chi connectivity index (χ4n) is 2.36. The van der Waals surface area contributed by atoms with E-state index in [0.29, 0.717) is 19.6 Å². The van der Waals surface area contributed by atoms with Crippen molar-refractivity contribution < 1.29 is 33.6 Å². The first kappa shape index (κ1) is 17.7. The van der Waals surface area contributed by atoms with Gasteiger partial charge in [-0.1, -0.05) is 6.92 Å². The van der Waals surface area contributed by atoms with Crippen molar-refractivity contribution in [2.75, 3.05) is 40.8 Å². The molecule has 21 heavy (non-hydrogen) atoms. The van der Waals surface area contributed by atoms with E-state index >= 15 is 0 Å². The van der Waals surface area contributed by atoms with Crippen LogP contribution in [0.1, 0.15) is 13.3 Å². The smallest absolute Gasteiger partial charge is 0.408 e. The predicted octanol–water partition coefficient (Wildman–Crippen LogP) is 0.553. The minimum Gasteiger partial charge on any atom is -0.467 e. The van der Waals surface area contributed by atoms with E-state index in [-0.39, 0.29) is 25.4 Å². The number of esters is 1. The third-order valence-electron chi connectivity index (χ3n) is 3.45. The molecule has 1 N–H and O–H groups in total. The normalized spacial score (nSPS) is 25.1. The maximum Gasteiger partial charge on any atom is 0.408 e. The van der Waals surface area contributed by atoms with Crippen LogP contribution < -0.4 is 0 Å². The molecule has 0 aliphatic carbocycles. The van der Waals surface area contributed by atoms with E-state index in [4.69, 9.17) is 19.3 Å². The number of nitrogens with zero attached hydrogens (tertiary/aromatic N) is 1. The molecule has 0 bridgehead atoms. The van der Waals surface area contributed by atoms with E-state index in [9.17, 15) is 9.59 Å². The summed E-state index contributed by atoms with van der Waals surface area (Å²) in [7, 11) is 2.79. The Bertz CT molecular complexity index is 349. The summed E-state index contributed by atoms with van der Waals surface area (Å²) in [5, 5.41) is 9.16. The summed E-state index contributed by atoms with van der Waals surface area (Å²) in [5.41, 5.74) is 0. The molecule has 0 saturated carbocycles. The van der Waals surface area contributed by atoms with Crippen molar-refractivity contribution >= 4 is 12.1 Å². The molecule has 0 aromatic rings. The van der Waals surface area contributed by atoms with Crippen LogP contribution in [-0.2, 0) is 23.7 Å². The zero-order valence-corrected chi connectivity index (χ0v) is 12.6. The lowest BCUT2D eigenvalue weighted by Gasteiger charge is -2.21. The lowest BCUT2D eigenvalue weighted by atomic mass is 10.0. The van der Waals surface area contributed by atoms with Gasteiger partial charge in [0.15, 0.2) is 0 Å². The van der Waals surface area contributed by atoms with Crippen LogP contribution in [0.15, 0.2) is 0 Å². The number of hydrogen-bond donors (Lipinski definition) is 1. The largest absolute Gasteiger partial charge is 0.467 e. The first-order valence-corrected chi connectivity index (χ1v) is 6.78. The second-order valence-corrected chi connectivity index (χ2v) is 4.84. The predicted molar refractivity (Wildman–Crippen MR) is 71.9 cm³/mol. The molecule has 3 unspecified atom stereocenters. The summed E-state index contributed by atoms with van der Waals surface area (Å²) in [6, 6.07) is -0.817. The van der Waals surface area contributed by atoms with Crippen LogP contribution in [0.25, 0.3) is 0 Å². The van der Waals surface area contributed by atoms with Gasteiger partial charge in [-0.3, -0.25) is 4.90 Å². The molecule has 1 aliphatic heterocycles. The van der Waals surface area contributed by atoms with E-state index in [2.05, 4.69) is 4.74 Å². The first-order valence-electron chi connectivity index (χ1n) is 6.78. The topological polar surface area (TPSA) is 94.5 Å². The molecule has 1 saturated heterocycles. The molecular formula is C13H23NO7. The number of carbonyl (C=O) groups excluding carboxylic acids is 1. The van der Waals surface area contributed by atoms with Crippen molar-refractivity contribution in [1.82, 2.24) is 4.90 Å². The lowest BCUT2D eigenvalue weighted by molar-refractivity contribution is -0.146. The van der Waals surface area contributed by atoms with Crippen molar-refractivity contribution in [3.8, 4) is 0 Å². The molecule has 8 heteroatoms. The highest BCUT2D eigenvalue weighted by atomic mass is 16.7. The molecule has 1 amide bonds. The Kier molecular flexibility index (Phi) is 7.41. The van der Waals surface area contributed by atoms with Crippen molar-refractivity contribution in [3.05, 3.63) is 0 Å². The molecule has 122 valence electrons. The Labute approximate surface area is 123 Å². The van der Waals surface area contributed by atoms with Gasteiger partial charge in [-0.05, 0) is 6.42 Å². The molecule has 8 nitrogen and oxygen atoms in total. The van der Waals surface area contributed by atoms with E-state index < -0.39 is 18.1 Å². The van der Waals surface area contributed by atoms with E-state index in [1.54, 1.807) is 14.0 Å². The van der Waals surface area contributed by atoms with Crippen LogP contribution in [0.4, 0.5) is 4.79 Å². The van der Waals surface area contributed by atoms with Gasteiger partial charge < -0.3 is 24.1 Å². The van der Waals surface area contributed by atoms with Gasteiger partial charge in [-0.15, -0.1) is 0 Å². The number of carboxylic acid groups (broad SMARTS) is 1. The van der Waals surface area contributed by atoms with Gasteiger partial charge in [0.1, 0.15) is 12.8 Å². The number of methoxy groups -OCH3 is 2. The highest BCUT2D eigenvalue weighted by molar-refractivity contribution is 5.82. The molecule has 0 aromatic heterocycles. The molecular weight excluding hydrogens is 282 g/mol. The first-order chi connectivity index (χ1) is 10.0. The minimum absolute atomic E-state index is 0.162. The molecule has 0 aromatic carbocycles. The monoisotopic (exact) mass is 305 g/mol. The Morgan fingerprint density at radius 1 is 1.29 bits per heavy atom. The molecule has 3 atom stereocenters. The van der Waals surface area contributed by atoms with Gasteiger partial charge in [-0.25, -0.2) is 9.59 Å². The summed E-state index contributed by atoms with van der Waals surface area (Å²) in [6.07, 6.45) is -0.804. The fourth-order valence-corrected chi connectivity index (χ4v) is 2.36. The zero-order valence-electron chi connectivity index (χ0n) is 12.6. The Hall–Kier alpha value is -1.38. The number of rotatable bonds is 8. The van der Waals surface area contributed by atoms with Gasteiger partial charge in [0.05, 0.1) is 26.4 Å². The number of ether oxygens (including phenoxy) is 4. The maximum absolute atomic E-state index is 11.7. The standard InChI is InChI=1S/C13H23NO7/c1-9-10(21-6-4-5-20-8-18-2)7-14(13(16)17)11(9)12(15)19-3/h9-11H,4-8H2,1-3H3,(H,16,17). The Balaban J connectivity index is 2.45. The summed E-state index contributed by atoms with van der Waals surface area (Å²) < 4.78 is 20.2. The number of carbonyl (C=O) groups is 2. The Morgan fingerprint density at radius 3 is 2.57 bits per heavy atom. The van der Waals surface area contributed by atoms with Crippen LogP contribution in [0.2, 0.25) is 0 Å². The minimum atomic E-state index is -1.15. The molecule has 1 heterocycles. The highest BCUT2D eigenvalue weighted by Gasteiger charge is 2.46. The van der Waals surface area contributed by atoms with Gasteiger partial charge in [0.2, 0.25) is 0 Å². The van der Waals surface area contributed by atoms with Crippen molar-refractivity contribution in [1.29, 1.82) is 0 Å². The molecule has 0 radical (unpaired) electrons. The van der Waals surface area contributed by atoms with E-state index in [1.807, 2.05) is 0 Å². The number of amides is 1. The zero-order chi connectivity index (χ0) is 15.8. The molecule has 1 rings (SSSR count). The number of likely N-dealkylation sites (tertiary alicyclic amines) is 1. The second-order valence-electron chi connectivity index (χ2n) is 4.84. The van der Waals surface area contributed by atoms with Gasteiger partial charge >= 0.3 is 12.1 Å². The van der Waals surface area contributed by atoms with Crippen molar-refractivity contribution in [2.24, 2.45) is 5.92 Å². The molecule has 0 spiro atoms. The summed E-state index contributed by atoms with van der Waals surface area (Å²) in [4.78, 5) is 24.0. The van der Waals surface area contributed by atoms with Crippen LogP contribution >= 0.6 is 0 Å². The molecule has 1 aliphatic rings. The third-order valence-corrected chi connectivity index (χ3v) is 3.45. The average Bonchev–Trinajstić information content (AvgIpc) is 2.79. The SMILES string of the molecule is COCOCCCOC1CN(C(=O)O)C(C(=O)OC)C1C. The lowest BCUT2D eigenvalue weighted by Crippen LogP contribution is -2.42. The van der Waals surface area contributed by atoms with Gasteiger partial charge in [0.25, 0.3) is 0 Å². The summed E-state index contributed by atoms with van der Waals surface area (Å²) >= 11 is 0. The average molecular weight is 305 g/mol. The Morgan fingerprint density at radius 2 is 2.00 bits per heavy atom. The van der Waals surface area contributed by atoms with E-state index in [0.717, 1.165) is 4.90 Å². The van der Waals surface area contributed by atoms with Gasteiger partial charge in [-0.2, -0.15) is 0 Å². The number of hydrogen-bond acceptors (Lipinski definition) is 6. The highest BCUT2D eigenvalue weighted by Crippen LogP contribution is 2.27. The molecule has 1 fully saturated rings. The van der Waals surface area contributed by atoms with Crippen LogP contribution in [0.5, 0.6) is 0 Å². The quantitative estimate of drug-likeness (QED) is 0.397. The van der Waals surface area contributed by atoms with Crippen molar-refractivity contribution in [3.63, 3.8) is 0 Å². The van der Waals surface area contributed by atoms with Gasteiger partial charge in [0, 0.05) is 19.6 Å². The van der Waals surface area contributed by atoms with Crippen LogP contribution in [0, 0.1) is 5.92 Å². The fraction of sp³-hybridized carbons (Fsp3) is 0.846. The van der Waals surface area contributed by atoms with E-state index in [1.165, 1.54) is 7.11 Å². The van der Waals surface area contributed by atoms with Crippen molar-refractivity contribution in [2.45, 2.75) is 25.5 Å². The van der Waals surface area contributed by atoms with Crippen LogP contribution in [0.3, 0.4) is 0 Å². The van der Waals surface area contributed by atoms with Crippen LogP contribution in [-0.4, -0.2) is 75.0 Å². The second kappa shape index (κ2) is 8.81. The summed E-state index contributed by atoms with van der Waals surface area (Å²) in [5.74, 6) is -0.812.